The topological polar surface area (TPSA) is 54.2 Å². The number of guanidine groups is 1. The Morgan fingerprint density at radius 1 is 1.08 bits per heavy atom. The van der Waals surface area contributed by atoms with Crippen LogP contribution in [0, 0.1) is 13.8 Å². The van der Waals surface area contributed by atoms with Gasteiger partial charge in [0.1, 0.15) is 0 Å². The van der Waals surface area contributed by atoms with E-state index in [0.29, 0.717) is 6.54 Å². The molecule has 3 rings (SSSR count). The highest BCUT2D eigenvalue weighted by atomic mass is 32.1. The van der Waals surface area contributed by atoms with E-state index in [1.165, 1.54) is 21.7 Å². The first-order chi connectivity index (χ1) is 12.7. The average Bonchev–Trinajstić information content (AvgIpc) is 3.26. The van der Waals surface area contributed by atoms with E-state index < -0.39 is 0 Å². The first-order valence-corrected chi connectivity index (χ1v) is 9.59. The van der Waals surface area contributed by atoms with Crippen LogP contribution in [0.5, 0.6) is 0 Å². The van der Waals surface area contributed by atoms with Crippen molar-refractivity contribution in [3.8, 4) is 0 Å². The minimum absolute atomic E-state index is 0.705. The number of nitrogens with one attached hydrogen (secondary N) is 2. The number of aliphatic imine (C=N–C) groups is 1. The van der Waals surface area contributed by atoms with Crippen molar-refractivity contribution in [1.29, 1.82) is 0 Å². The molecule has 1 aromatic carbocycles. The van der Waals surface area contributed by atoms with E-state index in [9.17, 15) is 0 Å². The van der Waals surface area contributed by atoms with Crippen LogP contribution < -0.4 is 10.6 Å². The normalized spacial score (nSPS) is 11.6. The third-order valence-corrected chi connectivity index (χ3v) is 5.25. The number of rotatable bonds is 6. The predicted octanol–water partition coefficient (Wildman–Crippen LogP) is 3.47. The van der Waals surface area contributed by atoms with Crippen LogP contribution in [0.2, 0.25) is 0 Å². The molecule has 5 nitrogen and oxygen atoms in total. The Hall–Kier alpha value is -2.60. The zero-order chi connectivity index (χ0) is 18.4. The van der Waals surface area contributed by atoms with Crippen LogP contribution in [0.15, 0.2) is 52.8 Å². The lowest BCUT2D eigenvalue weighted by Gasteiger charge is -2.12. The summed E-state index contributed by atoms with van der Waals surface area (Å²) in [5, 5.41) is 13.5. The van der Waals surface area contributed by atoms with E-state index in [4.69, 9.17) is 5.10 Å². The number of aryl methyl sites for hydroxylation is 1. The Kier molecular flexibility index (Phi) is 6.07. The largest absolute Gasteiger partial charge is 0.352 e. The van der Waals surface area contributed by atoms with Gasteiger partial charge in [0, 0.05) is 29.7 Å². The van der Waals surface area contributed by atoms with Gasteiger partial charge in [-0.05, 0) is 30.9 Å². The molecule has 0 spiro atoms. The number of hydrogen-bond acceptors (Lipinski definition) is 3. The first kappa shape index (κ1) is 18.2. The molecule has 2 N–H and O–H groups in total. The molecule has 0 atom stereocenters. The fraction of sp³-hybridized carbons (Fsp3) is 0.300. The van der Waals surface area contributed by atoms with Crippen molar-refractivity contribution in [3.63, 3.8) is 0 Å². The molecule has 0 amide bonds. The van der Waals surface area contributed by atoms with Crippen LogP contribution in [0.4, 0.5) is 0 Å². The van der Waals surface area contributed by atoms with Crippen molar-refractivity contribution in [3.05, 3.63) is 75.2 Å². The van der Waals surface area contributed by atoms with E-state index in [0.717, 1.165) is 24.7 Å². The first-order valence-electron chi connectivity index (χ1n) is 8.71. The molecule has 2 heterocycles. The van der Waals surface area contributed by atoms with Crippen LogP contribution in [0.25, 0.3) is 0 Å². The molecule has 0 unspecified atom stereocenters. The van der Waals surface area contributed by atoms with Crippen molar-refractivity contribution in [2.45, 2.75) is 33.5 Å². The molecule has 6 heteroatoms. The van der Waals surface area contributed by atoms with Crippen molar-refractivity contribution >= 4 is 17.3 Å². The summed E-state index contributed by atoms with van der Waals surface area (Å²) in [6.45, 7) is 6.47. The van der Waals surface area contributed by atoms with Gasteiger partial charge in [0.15, 0.2) is 5.96 Å². The number of nitrogens with zero attached hydrogens (tertiary/aromatic N) is 3. The Bertz CT molecular complexity index is 850. The van der Waals surface area contributed by atoms with Gasteiger partial charge < -0.3 is 10.6 Å². The highest BCUT2D eigenvalue weighted by Gasteiger charge is 2.12. The molecule has 0 fully saturated rings. The lowest BCUT2D eigenvalue weighted by Crippen LogP contribution is -2.36. The summed E-state index contributed by atoms with van der Waals surface area (Å²) in [7, 11) is 1.79. The van der Waals surface area contributed by atoms with Crippen LogP contribution in [-0.2, 0) is 19.6 Å². The molecule has 3 aromatic rings. The summed E-state index contributed by atoms with van der Waals surface area (Å²) in [5.74, 6) is 0.799. The zero-order valence-electron chi connectivity index (χ0n) is 15.5. The maximum absolute atomic E-state index is 4.71. The van der Waals surface area contributed by atoms with Gasteiger partial charge >= 0.3 is 0 Å². The quantitative estimate of drug-likeness (QED) is 0.518. The molecule has 136 valence electrons. The number of hydrogen-bond donors (Lipinski definition) is 2. The maximum atomic E-state index is 4.71. The Balaban J connectivity index is 1.62. The monoisotopic (exact) mass is 367 g/mol. The van der Waals surface area contributed by atoms with Crippen molar-refractivity contribution in [1.82, 2.24) is 20.4 Å². The van der Waals surface area contributed by atoms with Gasteiger partial charge in [-0.25, -0.2) is 0 Å². The molecule has 0 aliphatic heterocycles. The number of benzene rings is 1. The fourth-order valence-corrected chi connectivity index (χ4v) is 3.52. The third kappa shape index (κ3) is 4.52. The van der Waals surface area contributed by atoms with E-state index in [-0.39, 0.29) is 0 Å². The summed E-state index contributed by atoms with van der Waals surface area (Å²) < 4.78 is 2.07. The molecule has 0 saturated carbocycles. The highest BCUT2D eigenvalue weighted by Crippen LogP contribution is 2.14. The Morgan fingerprint density at radius 2 is 1.85 bits per heavy atom. The van der Waals surface area contributed by atoms with Gasteiger partial charge in [-0.1, -0.05) is 36.4 Å². The van der Waals surface area contributed by atoms with Crippen LogP contribution >= 0.6 is 11.3 Å². The summed E-state index contributed by atoms with van der Waals surface area (Å²) >= 11 is 1.74. The zero-order valence-corrected chi connectivity index (χ0v) is 16.3. The van der Waals surface area contributed by atoms with E-state index >= 15 is 0 Å². The summed E-state index contributed by atoms with van der Waals surface area (Å²) in [4.78, 5) is 5.60. The van der Waals surface area contributed by atoms with Crippen LogP contribution in [0.1, 0.15) is 27.4 Å². The van der Waals surface area contributed by atoms with E-state index in [1.54, 1.807) is 18.4 Å². The second kappa shape index (κ2) is 8.67. The Morgan fingerprint density at radius 3 is 2.54 bits per heavy atom. The minimum atomic E-state index is 0.705. The molecule has 0 bridgehead atoms. The van der Waals surface area contributed by atoms with Gasteiger partial charge in [0.25, 0.3) is 0 Å². The smallest absolute Gasteiger partial charge is 0.191 e. The van der Waals surface area contributed by atoms with E-state index in [1.807, 2.05) is 6.07 Å². The summed E-state index contributed by atoms with van der Waals surface area (Å²) in [6.07, 6.45) is 0. The molecular weight excluding hydrogens is 342 g/mol. The average molecular weight is 368 g/mol. The second-order valence-electron chi connectivity index (χ2n) is 6.15. The highest BCUT2D eigenvalue weighted by molar-refractivity contribution is 7.09. The molecule has 0 aliphatic rings. The molecule has 2 aromatic heterocycles. The minimum Gasteiger partial charge on any atom is -0.352 e. The summed E-state index contributed by atoms with van der Waals surface area (Å²) in [6, 6.07) is 14.6. The lowest BCUT2D eigenvalue weighted by atomic mass is 10.2. The fourth-order valence-electron chi connectivity index (χ4n) is 2.88. The van der Waals surface area contributed by atoms with Gasteiger partial charge in [0.05, 0.1) is 18.8 Å². The van der Waals surface area contributed by atoms with Gasteiger partial charge in [-0.2, -0.15) is 5.10 Å². The lowest BCUT2D eigenvalue weighted by molar-refractivity contribution is 0.657. The summed E-state index contributed by atoms with van der Waals surface area (Å²) in [5.41, 5.74) is 4.72. The van der Waals surface area contributed by atoms with Gasteiger partial charge in [0.2, 0.25) is 0 Å². The van der Waals surface area contributed by atoms with Crippen molar-refractivity contribution in [2.24, 2.45) is 4.99 Å². The molecular formula is C20H25N5S. The van der Waals surface area contributed by atoms with Crippen LogP contribution in [0.3, 0.4) is 0 Å². The van der Waals surface area contributed by atoms with Crippen molar-refractivity contribution in [2.75, 3.05) is 7.05 Å². The number of thiophene rings is 1. The van der Waals surface area contributed by atoms with Crippen molar-refractivity contribution < 1.29 is 0 Å². The van der Waals surface area contributed by atoms with Gasteiger partial charge in [-0.3, -0.25) is 9.67 Å². The second-order valence-corrected chi connectivity index (χ2v) is 7.18. The van der Waals surface area contributed by atoms with Gasteiger partial charge in [-0.15, -0.1) is 11.3 Å². The predicted molar refractivity (Wildman–Crippen MR) is 109 cm³/mol. The molecule has 0 radical (unpaired) electrons. The SMILES string of the molecule is CN=C(NCc1cccs1)NCc1c(C)nn(Cc2ccccc2)c1C. The molecule has 0 saturated heterocycles. The third-order valence-electron chi connectivity index (χ3n) is 4.37. The molecule has 26 heavy (non-hydrogen) atoms. The van der Waals surface area contributed by atoms with Crippen LogP contribution in [-0.4, -0.2) is 22.8 Å². The number of aromatic nitrogens is 2. The molecule has 0 aliphatic carbocycles. The van der Waals surface area contributed by atoms with E-state index in [2.05, 4.69) is 75.9 Å². The Labute approximate surface area is 158 Å². The maximum Gasteiger partial charge on any atom is 0.191 e. The standard InChI is InChI=1S/C20H25N5S/c1-15-19(13-23-20(21-3)22-12-18-10-7-11-26-18)16(2)25(24-15)14-17-8-5-4-6-9-17/h4-11H,12-14H2,1-3H3,(H2,21,22,23).